The van der Waals surface area contributed by atoms with E-state index >= 15 is 0 Å². The van der Waals surface area contributed by atoms with Crippen molar-refractivity contribution in [2.75, 3.05) is 7.11 Å². The average Bonchev–Trinajstić information content (AvgIpc) is 2.82. The Bertz CT molecular complexity index is 447. The van der Waals surface area contributed by atoms with E-state index in [-0.39, 0.29) is 6.10 Å². The lowest BCUT2D eigenvalue weighted by Crippen LogP contribution is -2.11. The molecule has 1 fully saturated rings. The molecule has 2 rings (SSSR count). The first-order valence-corrected chi connectivity index (χ1v) is 6.06. The molecule has 90 valence electrons. The molecular weight excluding hydrogens is 238 g/mol. The number of rotatable bonds is 3. The van der Waals surface area contributed by atoms with Crippen LogP contribution in [0.2, 0.25) is 5.02 Å². The van der Waals surface area contributed by atoms with Crippen molar-refractivity contribution >= 4 is 11.6 Å². The molecule has 0 amide bonds. The summed E-state index contributed by atoms with van der Waals surface area (Å²) in [4.78, 5) is 0. The first-order chi connectivity index (χ1) is 8.24. The van der Waals surface area contributed by atoms with Gasteiger partial charge in [-0.15, -0.1) is 0 Å². The Morgan fingerprint density at radius 3 is 2.59 bits per heavy atom. The molecule has 0 bridgehead atoms. The minimum atomic E-state index is 0.243. The molecule has 0 aliphatic heterocycles. The van der Waals surface area contributed by atoms with Gasteiger partial charge in [-0.25, -0.2) is 0 Å². The van der Waals surface area contributed by atoms with Gasteiger partial charge in [-0.05, 0) is 25.7 Å². The molecule has 1 aromatic rings. The molecule has 3 nitrogen and oxygen atoms in total. The van der Waals surface area contributed by atoms with E-state index in [1.54, 1.807) is 19.2 Å². The zero-order valence-corrected chi connectivity index (χ0v) is 10.5. The van der Waals surface area contributed by atoms with Crippen LogP contribution in [0.25, 0.3) is 0 Å². The highest BCUT2D eigenvalue weighted by Gasteiger charge is 2.19. The highest BCUT2D eigenvalue weighted by molar-refractivity contribution is 6.31. The van der Waals surface area contributed by atoms with E-state index in [1.807, 2.05) is 6.07 Å². The lowest BCUT2D eigenvalue weighted by molar-refractivity contribution is 0.201. The Kier molecular flexibility index (Phi) is 3.75. The minimum absolute atomic E-state index is 0.243. The predicted molar refractivity (Wildman–Crippen MR) is 65.6 cm³/mol. The smallest absolute Gasteiger partial charge is 0.163 e. The van der Waals surface area contributed by atoms with Crippen molar-refractivity contribution in [2.24, 2.45) is 0 Å². The maximum absolute atomic E-state index is 8.88. The standard InChI is InChI=1S/C13H14ClNO2/c1-16-12-6-9(8-15)11(14)7-13(12)17-10-4-2-3-5-10/h6-7,10H,2-5H2,1H3. The third-order valence-corrected chi connectivity index (χ3v) is 3.28. The molecule has 0 N–H and O–H groups in total. The van der Waals surface area contributed by atoms with Gasteiger partial charge in [0.25, 0.3) is 0 Å². The van der Waals surface area contributed by atoms with Gasteiger partial charge in [0.15, 0.2) is 11.5 Å². The molecule has 0 unspecified atom stereocenters. The van der Waals surface area contributed by atoms with Crippen LogP contribution in [0.5, 0.6) is 11.5 Å². The summed E-state index contributed by atoms with van der Waals surface area (Å²) in [6.07, 6.45) is 4.79. The van der Waals surface area contributed by atoms with Crippen LogP contribution in [0.4, 0.5) is 0 Å². The summed E-state index contributed by atoms with van der Waals surface area (Å²) in [7, 11) is 1.56. The molecule has 0 saturated heterocycles. The van der Waals surface area contributed by atoms with Crippen LogP contribution in [0.1, 0.15) is 31.2 Å². The fourth-order valence-electron chi connectivity index (χ4n) is 2.06. The Morgan fingerprint density at radius 2 is 2.00 bits per heavy atom. The second kappa shape index (κ2) is 5.29. The van der Waals surface area contributed by atoms with Crippen molar-refractivity contribution in [3.8, 4) is 17.6 Å². The Hall–Kier alpha value is -1.40. The molecule has 17 heavy (non-hydrogen) atoms. The predicted octanol–water partition coefficient (Wildman–Crippen LogP) is 3.54. The Balaban J connectivity index is 2.26. The SMILES string of the molecule is COc1cc(C#N)c(Cl)cc1OC1CCCC1. The summed E-state index contributed by atoms with van der Waals surface area (Å²) in [6.45, 7) is 0. The van der Waals surface area contributed by atoms with E-state index in [0.717, 1.165) is 12.8 Å². The fraction of sp³-hybridized carbons (Fsp3) is 0.462. The van der Waals surface area contributed by atoms with E-state index < -0.39 is 0 Å². The Labute approximate surface area is 106 Å². The molecule has 0 atom stereocenters. The van der Waals surface area contributed by atoms with Gasteiger partial charge >= 0.3 is 0 Å². The van der Waals surface area contributed by atoms with Crippen LogP contribution in [-0.2, 0) is 0 Å². The molecule has 1 aromatic carbocycles. The first kappa shape index (κ1) is 12.1. The van der Waals surface area contributed by atoms with Crippen molar-refractivity contribution in [1.29, 1.82) is 5.26 Å². The molecule has 0 aromatic heterocycles. The van der Waals surface area contributed by atoms with Crippen LogP contribution in [0.15, 0.2) is 12.1 Å². The van der Waals surface area contributed by atoms with Crippen molar-refractivity contribution < 1.29 is 9.47 Å². The van der Waals surface area contributed by atoms with Gasteiger partial charge in [0.05, 0.1) is 23.8 Å². The summed E-state index contributed by atoms with van der Waals surface area (Å²) in [5, 5.41) is 9.29. The molecule has 1 saturated carbocycles. The van der Waals surface area contributed by atoms with Gasteiger partial charge in [-0.2, -0.15) is 5.26 Å². The van der Waals surface area contributed by atoms with Crippen molar-refractivity contribution in [1.82, 2.24) is 0 Å². The molecule has 1 aliphatic carbocycles. The number of methoxy groups -OCH3 is 1. The number of halogens is 1. The van der Waals surface area contributed by atoms with Crippen LogP contribution >= 0.6 is 11.6 Å². The molecular formula is C13H14ClNO2. The van der Waals surface area contributed by atoms with E-state index in [9.17, 15) is 0 Å². The van der Waals surface area contributed by atoms with Crippen LogP contribution in [-0.4, -0.2) is 13.2 Å². The number of nitriles is 1. The molecule has 4 heteroatoms. The van der Waals surface area contributed by atoms with E-state index in [2.05, 4.69) is 0 Å². The third kappa shape index (κ3) is 2.65. The van der Waals surface area contributed by atoms with Gasteiger partial charge in [-0.1, -0.05) is 11.6 Å². The number of hydrogen-bond donors (Lipinski definition) is 0. The zero-order valence-electron chi connectivity index (χ0n) is 9.70. The fourth-order valence-corrected chi connectivity index (χ4v) is 2.25. The summed E-state index contributed by atoms with van der Waals surface area (Å²) in [5.41, 5.74) is 0.405. The monoisotopic (exact) mass is 251 g/mol. The normalized spacial score (nSPS) is 15.6. The largest absolute Gasteiger partial charge is 0.493 e. The number of ether oxygens (including phenoxy) is 2. The van der Waals surface area contributed by atoms with Crippen LogP contribution < -0.4 is 9.47 Å². The van der Waals surface area contributed by atoms with Crippen LogP contribution in [0.3, 0.4) is 0 Å². The Morgan fingerprint density at radius 1 is 1.29 bits per heavy atom. The maximum atomic E-state index is 8.88. The van der Waals surface area contributed by atoms with E-state index in [0.29, 0.717) is 22.1 Å². The average molecular weight is 252 g/mol. The lowest BCUT2D eigenvalue weighted by Gasteiger charge is -2.16. The van der Waals surface area contributed by atoms with Gasteiger partial charge in [0, 0.05) is 12.1 Å². The lowest BCUT2D eigenvalue weighted by atomic mass is 10.2. The zero-order chi connectivity index (χ0) is 12.3. The molecule has 0 radical (unpaired) electrons. The summed E-state index contributed by atoms with van der Waals surface area (Å²) in [5.74, 6) is 1.20. The minimum Gasteiger partial charge on any atom is -0.493 e. The van der Waals surface area contributed by atoms with E-state index in [4.69, 9.17) is 26.3 Å². The topological polar surface area (TPSA) is 42.2 Å². The molecule has 0 spiro atoms. The summed E-state index contributed by atoms with van der Waals surface area (Å²) >= 11 is 5.99. The van der Waals surface area contributed by atoms with E-state index in [1.165, 1.54) is 12.8 Å². The van der Waals surface area contributed by atoms with Gasteiger partial charge in [-0.3, -0.25) is 0 Å². The maximum Gasteiger partial charge on any atom is 0.163 e. The first-order valence-electron chi connectivity index (χ1n) is 5.69. The van der Waals surface area contributed by atoms with Gasteiger partial charge in [0.1, 0.15) is 6.07 Å². The van der Waals surface area contributed by atoms with Crippen molar-refractivity contribution in [2.45, 2.75) is 31.8 Å². The molecule has 1 aliphatic rings. The summed E-state index contributed by atoms with van der Waals surface area (Å²) < 4.78 is 11.1. The van der Waals surface area contributed by atoms with Crippen LogP contribution in [0, 0.1) is 11.3 Å². The van der Waals surface area contributed by atoms with Crippen molar-refractivity contribution in [3.05, 3.63) is 22.7 Å². The number of hydrogen-bond acceptors (Lipinski definition) is 3. The third-order valence-electron chi connectivity index (χ3n) is 2.97. The second-order valence-electron chi connectivity index (χ2n) is 4.12. The highest BCUT2D eigenvalue weighted by atomic mass is 35.5. The highest BCUT2D eigenvalue weighted by Crippen LogP contribution is 2.35. The van der Waals surface area contributed by atoms with Crippen molar-refractivity contribution in [3.63, 3.8) is 0 Å². The number of benzene rings is 1. The second-order valence-corrected chi connectivity index (χ2v) is 4.53. The summed E-state index contributed by atoms with van der Waals surface area (Å²) in [6, 6.07) is 5.30. The quantitative estimate of drug-likeness (QED) is 0.825. The molecule has 0 heterocycles. The number of nitrogens with zero attached hydrogens (tertiary/aromatic N) is 1. The van der Waals surface area contributed by atoms with Gasteiger partial charge in [0.2, 0.25) is 0 Å². The van der Waals surface area contributed by atoms with Gasteiger partial charge < -0.3 is 9.47 Å².